The van der Waals surface area contributed by atoms with Gasteiger partial charge in [-0.3, -0.25) is 0 Å². The van der Waals surface area contributed by atoms with Crippen molar-refractivity contribution in [1.29, 1.82) is 0 Å². The fraction of sp³-hybridized carbons (Fsp3) is 0.538. The van der Waals surface area contributed by atoms with Crippen LogP contribution in [0.25, 0.3) is 0 Å². The standard InChI is InChI=1S/C13H21NO3S/c1-3-4-7-18(15,16)10-11-5-6-13(17-2)12(8-11)9-14/h5-6,8H,3-4,7,9-10,14H2,1-2H3. The van der Waals surface area contributed by atoms with E-state index in [1.807, 2.05) is 13.0 Å². The van der Waals surface area contributed by atoms with Crippen LogP contribution in [0.15, 0.2) is 18.2 Å². The molecule has 18 heavy (non-hydrogen) atoms. The van der Waals surface area contributed by atoms with Crippen molar-refractivity contribution in [2.24, 2.45) is 5.73 Å². The maximum atomic E-state index is 11.9. The van der Waals surface area contributed by atoms with Crippen molar-refractivity contribution in [3.8, 4) is 5.75 Å². The van der Waals surface area contributed by atoms with Crippen LogP contribution in [0.4, 0.5) is 0 Å². The monoisotopic (exact) mass is 271 g/mol. The molecule has 1 aromatic rings. The first kappa shape index (κ1) is 15.0. The summed E-state index contributed by atoms with van der Waals surface area (Å²) < 4.78 is 28.9. The molecule has 0 aromatic heterocycles. The predicted octanol–water partition coefficient (Wildman–Crippen LogP) is 1.87. The molecule has 5 heteroatoms. The van der Waals surface area contributed by atoms with Crippen molar-refractivity contribution in [3.63, 3.8) is 0 Å². The first-order valence-corrected chi connectivity index (χ1v) is 7.90. The van der Waals surface area contributed by atoms with Crippen LogP contribution in [0.2, 0.25) is 0 Å². The van der Waals surface area contributed by atoms with Crippen LogP contribution in [0.5, 0.6) is 5.75 Å². The van der Waals surface area contributed by atoms with Crippen molar-refractivity contribution in [3.05, 3.63) is 29.3 Å². The lowest BCUT2D eigenvalue weighted by Gasteiger charge is -2.09. The van der Waals surface area contributed by atoms with Crippen LogP contribution < -0.4 is 10.5 Å². The Labute approximate surface area is 109 Å². The Hall–Kier alpha value is -1.07. The number of benzene rings is 1. The highest BCUT2D eigenvalue weighted by Crippen LogP contribution is 2.20. The number of rotatable bonds is 7. The smallest absolute Gasteiger partial charge is 0.154 e. The Kier molecular flexibility index (Phi) is 5.62. The van der Waals surface area contributed by atoms with E-state index in [9.17, 15) is 8.42 Å². The molecule has 0 bridgehead atoms. The Balaban J connectivity index is 2.85. The highest BCUT2D eigenvalue weighted by Gasteiger charge is 2.12. The summed E-state index contributed by atoms with van der Waals surface area (Å²) in [6.45, 7) is 2.32. The fourth-order valence-corrected chi connectivity index (χ4v) is 3.33. The molecule has 0 radical (unpaired) electrons. The van der Waals surface area contributed by atoms with E-state index in [-0.39, 0.29) is 11.5 Å². The van der Waals surface area contributed by atoms with Crippen LogP contribution in [0, 0.1) is 0 Å². The zero-order valence-electron chi connectivity index (χ0n) is 11.0. The molecule has 0 atom stereocenters. The van der Waals surface area contributed by atoms with E-state index in [0.717, 1.165) is 17.5 Å². The summed E-state index contributed by atoms with van der Waals surface area (Å²) in [4.78, 5) is 0. The second-order valence-electron chi connectivity index (χ2n) is 4.30. The summed E-state index contributed by atoms with van der Waals surface area (Å²) in [5.74, 6) is 1.02. The lowest BCUT2D eigenvalue weighted by atomic mass is 10.1. The third kappa shape index (κ3) is 4.31. The van der Waals surface area contributed by atoms with Gasteiger partial charge in [-0.1, -0.05) is 19.4 Å². The molecule has 1 aromatic carbocycles. The maximum Gasteiger partial charge on any atom is 0.154 e. The summed E-state index contributed by atoms with van der Waals surface area (Å²) in [6, 6.07) is 5.36. The predicted molar refractivity (Wildman–Crippen MR) is 73.3 cm³/mol. The molecule has 102 valence electrons. The van der Waals surface area contributed by atoms with E-state index >= 15 is 0 Å². The summed E-state index contributed by atoms with van der Waals surface area (Å²) >= 11 is 0. The number of nitrogens with two attached hydrogens (primary N) is 1. The first-order chi connectivity index (χ1) is 8.52. The lowest BCUT2D eigenvalue weighted by molar-refractivity contribution is 0.409. The summed E-state index contributed by atoms with van der Waals surface area (Å²) in [5, 5.41) is 0. The Morgan fingerprint density at radius 3 is 2.61 bits per heavy atom. The third-order valence-corrected chi connectivity index (χ3v) is 4.44. The van der Waals surface area contributed by atoms with E-state index in [1.165, 1.54) is 0 Å². The van der Waals surface area contributed by atoms with Crippen molar-refractivity contribution in [2.45, 2.75) is 32.1 Å². The molecule has 0 aliphatic heterocycles. The Morgan fingerprint density at radius 2 is 2.06 bits per heavy atom. The van der Waals surface area contributed by atoms with Gasteiger partial charge in [-0.15, -0.1) is 0 Å². The second kappa shape index (κ2) is 6.75. The topological polar surface area (TPSA) is 69.4 Å². The van der Waals surface area contributed by atoms with Gasteiger partial charge in [0.2, 0.25) is 0 Å². The Bertz CT molecular complexity index is 483. The van der Waals surface area contributed by atoms with Crippen molar-refractivity contribution in [2.75, 3.05) is 12.9 Å². The van der Waals surface area contributed by atoms with Gasteiger partial charge in [0.1, 0.15) is 5.75 Å². The minimum absolute atomic E-state index is 0.0734. The molecular weight excluding hydrogens is 250 g/mol. The van der Waals surface area contributed by atoms with E-state index in [1.54, 1.807) is 19.2 Å². The first-order valence-electron chi connectivity index (χ1n) is 6.08. The SMILES string of the molecule is CCCCS(=O)(=O)Cc1ccc(OC)c(CN)c1. The largest absolute Gasteiger partial charge is 0.496 e. The van der Waals surface area contributed by atoms with Gasteiger partial charge in [0.05, 0.1) is 18.6 Å². The van der Waals surface area contributed by atoms with Gasteiger partial charge < -0.3 is 10.5 Å². The van der Waals surface area contributed by atoms with Gasteiger partial charge in [-0.05, 0) is 24.1 Å². The molecular formula is C13H21NO3S. The maximum absolute atomic E-state index is 11.9. The quantitative estimate of drug-likeness (QED) is 0.822. The summed E-state index contributed by atoms with van der Waals surface area (Å²) in [7, 11) is -1.45. The normalized spacial score (nSPS) is 11.5. The van der Waals surface area contributed by atoms with Crippen molar-refractivity contribution < 1.29 is 13.2 Å². The summed E-state index contributed by atoms with van der Waals surface area (Å²) in [5.41, 5.74) is 7.21. The molecule has 0 saturated heterocycles. The van der Waals surface area contributed by atoms with Crippen LogP contribution >= 0.6 is 0 Å². The third-order valence-electron chi connectivity index (χ3n) is 2.76. The Morgan fingerprint density at radius 1 is 1.33 bits per heavy atom. The fourth-order valence-electron chi connectivity index (χ4n) is 1.77. The average Bonchev–Trinajstić information content (AvgIpc) is 2.35. The highest BCUT2D eigenvalue weighted by atomic mass is 32.2. The molecule has 4 nitrogen and oxygen atoms in total. The molecule has 0 unspecified atom stereocenters. The van der Waals surface area contributed by atoms with Crippen molar-refractivity contribution in [1.82, 2.24) is 0 Å². The second-order valence-corrected chi connectivity index (χ2v) is 6.48. The number of hydrogen-bond acceptors (Lipinski definition) is 4. The van der Waals surface area contributed by atoms with E-state index < -0.39 is 9.84 Å². The highest BCUT2D eigenvalue weighted by molar-refractivity contribution is 7.90. The molecule has 2 N–H and O–H groups in total. The molecule has 0 aliphatic rings. The minimum atomic E-state index is -3.02. The number of hydrogen-bond donors (Lipinski definition) is 1. The number of ether oxygens (including phenoxy) is 1. The zero-order chi connectivity index (χ0) is 13.6. The van der Waals surface area contributed by atoms with Crippen LogP contribution in [-0.2, 0) is 22.1 Å². The lowest BCUT2D eigenvalue weighted by Crippen LogP contribution is -2.10. The van der Waals surface area contributed by atoms with Crippen molar-refractivity contribution >= 4 is 9.84 Å². The molecule has 0 amide bonds. The molecule has 0 aliphatic carbocycles. The van der Waals surface area contributed by atoms with E-state index in [2.05, 4.69) is 0 Å². The number of methoxy groups -OCH3 is 1. The molecule has 0 spiro atoms. The van der Waals surface area contributed by atoms with E-state index in [0.29, 0.717) is 18.7 Å². The minimum Gasteiger partial charge on any atom is -0.496 e. The van der Waals surface area contributed by atoms with Gasteiger partial charge in [-0.2, -0.15) is 0 Å². The molecule has 0 fully saturated rings. The van der Waals surface area contributed by atoms with Crippen LogP contribution in [0.1, 0.15) is 30.9 Å². The molecule has 0 saturated carbocycles. The van der Waals surface area contributed by atoms with Gasteiger partial charge in [-0.25, -0.2) is 8.42 Å². The van der Waals surface area contributed by atoms with Gasteiger partial charge in [0.15, 0.2) is 9.84 Å². The average molecular weight is 271 g/mol. The summed E-state index contributed by atoms with van der Waals surface area (Å²) in [6.07, 6.45) is 1.60. The van der Waals surface area contributed by atoms with Crippen LogP contribution in [0.3, 0.4) is 0 Å². The number of sulfone groups is 1. The van der Waals surface area contributed by atoms with E-state index in [4.69, 9.17) is 10.5 Å². The number of unbranched alkanes of at least 4 members (excludes halogenated alkanes) is 1. The van der Waals surface area contributed by atoms with Gasteiger partial charge in [0.25, 0.3) is 0 Å². The molecule has 1 rings (SSSR count). The zero-order valence-corrected chi connectivity index (χ0v) is 11.8. The van der Waals surface area contributed by atoms with Gasteiger partial charge in [0, 0.05) is 12.1 Å². The van der Waals surface area contributed by atoms with Crippen LogP contribution in [-0.4, -0.2) is 21.3 Å². The molecule has 0 heterocycles. The van der Waals surface area contributed by atoms with Gasteiger partial charge >= 0.3 is 0 Å².